The minimum absolute atomic E-state index is 0.0754. The van der Waals surface area contributed by atoms with Crippen molar-refractivity contribution in [1.29, 1.82) is 0 Å². The number of ether oxygens (including phenoxy) is 3. The number of likely N-dealkylation sites (tertiary alicyclic amines) is 1. The summed E-state index contributed by atoms with van der Waals surface area (Å²) in [5.41, 5.74) is 0.531. The van der Waals surface area contributed by atoms with Gasteiger partial charge in [0.1, 0.15) is 23.7 Å². The number of amides is 3. The van der Waals surface area contributed by atoms with Crippen LogP contribution < -0.4 is 10.2 Å². The molecule has 0 bridgehead atoms. The predicted octanol–water partition coefficient (Wildman–Crippen LogP) is 4.45. The summed E-state index contributed by atoms with van der Waals surface area (Å²) in [7, 11) is 1.51. The molecule has 7 atom stereocenters. The Hall–Kier alpha value is -4.03. The number of benzene rings is 2. The molecule has 3 amide bonds. The number of hydrogen-bond donors (Lipinski definition) is 2. The van der Waals surface area contributed by atoms with E-state index in [1.807, 2.05) is 55.5 Å². The molecule has 0 saturated carbocycles. The fraction of sp³-hybridized carbons (Fsp3) is 0.487. The zero-order chi connectivity index (χ0) is 36.1. The van der Waals surface area contributed by atoms with Gasteiger partial charge in [-0.05, 0) is 43.4 Å². The zero-order valence-electron chi connectivity index (χ0n) is 29.0. The highest BCUT2D eigenvalue weighted by atomic mass is 35.5. The number of aryl methyl sites for hydroxylation is 1. The summed E-state index contributed by atoms with van der Waals surface area (Å²) in [6, 6.07) is 12.8. The van der Waals surface area contributed by atoms with Gasteiger partial charge in [0.25, 0.3) is 5.91 Å². The molecule has 272 valence electrons. The molecule has 4 aliphatic heterocycles. The first kappa shape index (κ1) is 36.8. The highest BCUT2D eigenvalue weighted by Crippen LogP contribution is 2.54. The highest BCUT2D eigenvalue weighted by molar-refractivity contribution is 6.34. The van der Waals surface area contributed by atoms with E-state index in [2.05, 4.69) is 5.32 Å². The molecule has 1 spiro atoms. The average Bonchev–Trinajstić information content (AvgIpc) is 3.50. The summed E-state index contributed by atoms with van der Waals surface area (Å²) in [5, 5.41) is 12.7. The van der Waals surface area contributed by atoms with Gasteiger partial charge in [0.2, 0.25) is 11.8 Å². The number of anilines is 1. The minimum atomic E-state index is -1.48. The molecule has 2 fully saturated rings. The molecule has 2 aromatic carbocycles. The normalized spacial score (nSPS) is 30.0. The number of para-hydroxylation sites is 1. The molecule has 11 nitrogen and oxygen atoms in total. The summed E-state index contributed by atoms with van der Waals surface area (Å²) in [6.07, 6.45) is 8.57. The molecular formula is C39H46ClN3O8. The number of carbonyl (C=O) groups is 4. The number of aliphatic hydroxyl groups is 1. The maximum Gasteiger partial charge on any atom is 0.313 e. The van der Waals surface area contributed by atoms with E-state index in [-0.39, 0.29) is 50.4 Å². The molecule has 4 aliphatic rings. The number of fused-ring (bicyclic) bond motifs is 2. The van der Waals surface area contributed by atoms with Crippen molar-refractivity contribution < 1.29 is 38.5 Å². The molecule has 6 rings (SSSR count). The molecule has 0 aliphatic carbocycles. The Bertz CT molecular complexity index is 1650. The van der Waals surface area contributed by atoms with E-state index in [4.69, 9.17) is 25.8 Å². The van der Waals surface area contributed by atoms with Crippen molar-refractivity contribution in [2.45, 2.75) is 75.3 Å². The van der Waals surface area contributed by atoms with Crippen LogP contribution in [0.5, 0.6) is 0 Å². The lowest BCUT2D eigenvalue weighted by molar-refractivity contribution is -0.162. The summed E-state index contributed by atoms with van der Waals surface area (Å²) < 4.78 is 18.7. The number of aliphatic hydroxyl groups excluding tert-OH is 1. The number of hydrogen-bond acceptors (Lipinski definition) is 8. The summed E-state index contributed by atoms with van der Waals surface area (Å²) in [6.45, 7) is 2.49. The van der Waals surface area contributed by atoms with Crippen LogP contribution >= 0.6 is 11.6 Å². The third-order valence-electron chi connectivity index (χ3n) is 10.3. The number of nitrogens with zero attached hydrogens (tertiary/aromatic N) is 2. The molecule has 51 heavy (non-hydrogen) atoms. The molecule has 12 heteroatoms. The van der Waals surface area contributed by atoms with E-state index in [1.54, 1.807) is 34.1 Å². The van der Waals surface area contributed by atoms with Gasteiger partial charge in [-0.15, -0.1) is 0 Å². The van der Waals surface area contributed by atoms with Crippen molar-refractivity contribution in [3.05, 3.63) is 89.0 Å². The first-order chi connectivity index (χ1) is 24.7. The first-order valence-corrected chi connectivity index (χ1v) is 18.1. The van der Waals surface area contributed by atoms with Crippen LogP contribution in [0.2, 0.25) is 5.02 Å². The molecular weight excluding hydrogens is 674 g/mol. The number of unbranched alkanes of at least 4 members (excludes halogenated alkanes) is 3. The Kier molecular flexibility index (Phi) is 11.6. The van der Waals surface area contributed by atoms with Crippen molar-refractivity contribution in [2.24, 2.45) is 11.8 Å². The van der Waals surface area contributed by atoms with E-state index in [0.717, 1.165) is 18.4 Å². The van der Waals surface area contributed by atoms with E-state index < -0.39 is 47.7 Å². The maximum absolute atomic E-state index is 14.9. The van der Waals surface area contributed by atoms with Gasteiger partial charge in [0.05, 0.1) is 35.4 Å². The van der Waals surface area contributed by atoms with Crippen LogP contribution in [0.3, 0.4) is 0 Å². The standard InChI is InChI=1S/C39H46ClN3O8/c1-25-14-12-17-27(40)33(25)42-22-13-20-39-32(36(46)43(35(39)37(42)47)21-10-3-4-11-23-44)31-29(51-39)18-8-9-19-30(45)41-28(24-49-2)34(50-38(31)48)26-15-6-5-7-16-26/h5-8,12-18,20,28-29,31-32,34-35,44H,3-4,9-11,19,21-24H2,1-2H3,(H,41,45)/b18-8-/t28-,29-,31+,32+,34-,35-,39+/m1/s1. The second-order valence-corrected chi connectivity index (χ2v) is 14.0. The van der Waals surface area contributed by atoms with Crippen molar-refractivity contribution in [1.82, 2.24) is 10.2 Å². The summed E-state index contributed by atoms with van der Waals surface area (Å²) in [5.74, 6) is -3.77. The quantitative estimate of drug-likeness (QED) is 0.209. The van der Waals surface area contributed by atoms with E-state index >= 15 is 0 Å². The molecule has 2 N–H and O–H groups in total. The third-order valence-corrected chi connectivity index (χ3v) is 10.6. The van der Waals surface area contributed by atoms with Gasteiger partial charge in [-0.25, -0.2) is 0 Å². The van der Waals surface area contributed by atoms with Gasteiger partial charge in [0.15, 0.2) is 0 Å². The molecule has 0 aromatic heterocycles. The lowest BCUT2D eigenvalue weighted by Gasteiger charge is -2.36. The van der Waals surface area contributed by atoms with Gasteiger partial charge in [-0.3, -0.25) is 19.2 Å². The van der Waals surface area contributed by atoms with Crippen molar-refractivity contribution in [3.8, 4) is 0 Å². The number of nitrogens with one attached hydrogen (secondary N) is 1. The second kappa shape index (κ2) is 16.1. The Morgan fingerprint density at radius 3 is 2.53 bits per heavy atom. The zero-order valence-corrected chi connectivity index (χ0v) is 29.8. The molecule has 4 heterocycles. The van der Waals surface area contributed by atoms with Crippen LogP contribution in [0.25, 0.3) is 0 Å². The van der Waals surface area contributed by atoms with E-state index in [9.17, 15) is 24.3 Å². The Labute approximate surface area is 303 Å². The lowest BCUT2D eigenvalue weighted by Crippen LogP contribution is -2.55. The molecule has 0 unspecified atom stereocenters. The lowest BCUT2D eigenvalue weighted by atomic mass is 9.77. The smallest absolute Gasteiger partial charge is 0.313 e. The van der Waals surface area contributed by atoms with Crippen LogP contribution in [0.4, 0.5) is 5.69 Å². The van der Waals surface area contributed by atoms with Crippen LogP contribution in [-0.2, 0) is 33.4 Å². The van der Waals surface area contributed by atoms with Gasteiger partial charge in [-0.2, -0.15) is 0 Å². The van der Waals surface area contributed by atoms with Crippen LogP contribution in [0.1, 0.15) is 55.8 Å². The number of methoxy groups -OCH3 is 1. The van der Waals surface area contributed by atoms with Gasteiger partial charge in [-0.1, -0.05) is 91.2 Å². The monoisotopic (exact) mass is 719 g/mol. The maximum atomic E-state index is 14.9. The van der Waals surface area contributed by atoms with Crippen LogP contribution in [0.15, 0.2) is 72.8 Å². The van der Waals surface area contributed by atoms with Gasteiger partial charge in [0, 0.05) is 33.2 Å². The fourth-order valence-electron chi connectivity index (χ4n) is 8.04. The molecule has 2 aromatic rings. The third kappa shape index (κ3) is 7.22. The van der Waals surface area contributed by atoms with Crippen LogP contribution in [0, 0.1) is 18.8 Å². The van der Waals surface area contributed by atoms with Crippen molar-refractivity contribution in [2.75, 3.05) is 38.3 Å². The SMILES string of the molecule is COC[C@H]1NC(=O)CC/C=C\[C@H]2O[C@]34C=CCN(c5c(C)cccc5Cl)C(=O)[C@H]3N(CCCCCCO)C(=O)[C@@H]4[C@H]2C(=O)O[C@@H]1c1ccccc1. The van der Waals surface area contributed by atoms with Crippen molar-refractivity contribution in [3.63, 3.8) is 0 Å². The van der Waals surface area contributed by atoms with Crippen molar-refractivity contribution >= 4 is 41.0 Å². The Morgan fingerprint density at radius 1 is 1.00 bits per heavy atom. The summed E-state index contributed by atoms with van der Waals surface area (Å²) >= 11 is 6.69. The summed E-state index contributed by atoms with van der Waals surface area (Å²) in [4.78, 5) is 60.5. The van der Waals surface area contributed by atoms with E-state index in [1.165, 1.54) is 7.11 Å². The second-order valence-electron chi connectivity index (χ2n) is 13.6. The van der Waals surface area contributed by atoms with Crippen LogP contribution in [-0.4, -0.2) is 90.9 Å². The highest BCUT2D eigenvalue weighted by Gasteiger charge is 2.72. The number of cyclic esters (lactones) is 1. The topological polar surface area (TPSA) is 135 Å². The predicted molar refractivity (Wildman–Crippen MR) is 191 cm³/mol. The van der Waals surface area contributed by atoms with E-state index in [0.29, 0.717) is 35.5 Å². The molecule has 2 saturated heterocycles. The number of esters is 1. The molecule has 0 radical (unpaired) electrons. The van der Waals surface area contributed by atoms with Gasteiger partial charge < -0.3 is 34.4 Å². The largest absolute Gasteiger partial charge is 0.455 e. The Balaban J connectivity index is 1.43. The number of carbonyl (C=O) groups excluding carboxylic acids is 4. The number of allylic oxidation sites excluding steroid dienone is 1. The number of rotatable bonds is 10. The first-order valence-electron chi connectivity index (χ1n) is 17.8. The Morgan fingerprint density at radius 2 is 1.78 bits per heavy atom. The fourth-order valence-corrected chi connectivity index (χ4v) is 8.37. The number of halogens is 1. The van der Waals surface area contributed by atoms with Gasteiger partial charge >= 0.3 is 5.97 Å². The average molecular weight is 720 g/mol. The minimum Gasteiger partial charge on any atom is -0.455 e.